The molecular weight excluding hydrogens is 463 g/mol. The van der Waals surface area contributed by atoms with Gasteiger partial charge in [-0.25, -0.2) is 9.36 Å². The Labute approximate surface area is 186 Å². The van der Waals surface area contributed by atoms with E-state index in [9.17, 15) is 29.2 Å². The van der Waals surface area contributed by atoms with E-state index in [1.807, 2.05) is 4.98 Å². The number of nitrogens with zero attached hydrogens (tertiary/aromatic N) is 2. The molecule has 1 aliphatic rings. The quantitative estimate of drug-likeness (QED) is 0.248. The molecule has 0 aliphatic carbocycles. The first kappa shape index (κ1) is 24.8. The van der Waals surface area contributed by atoms with Crippen LogP contribution in [0.25, 0.3) is 0 Å². The Hall–Kier alpha value is -2.87. The smallest absolute Gasteiger partial charge is 0.459 e. The monoisotopic (exact) mass is 486 g/mol. The number of aliphatic hydroxyl groups is 2. The van der Waals surface area contributed by atoms with E-state index in [-0.39, 0.29) is 5.75 Å². The van der Waals surface area contributed by atoms with Crippen molar-refractivity contribution in [3.05, 3.63) is 57.4 Å². The summed E-state index contributed by atoms with van der Waals surface area (Å²) in [6.07, 6.45) is -5.11. The molecule has 0 saturated carbocycles. The van der Waals surface area contributed by atoms with E-state index in [2.05, 4.69) is 14.9 Å². The van der Waals surface area contributed by atoms with E-state index in [4.69, 9.17) is 13.8 Å². The van der Waals surface area contributed by atoms with Crippen molar-refractivity contribution in [1.29, 1.82) is 0 Å². The Bertz CT molecular complexity index is 1120. The zero-order valence-corrected chi connectivity index (χ0v) is 18.5. The maximum absolute atomic E-state index is 13.3. The molecule has 6 atom stereocenters. The molecule has 1 aromatic carbocycles. The van der Waals surface area contributed by atoms with Gasteiger partial charge < -0.3 is 24.2 Å². The SMILES string of the molecule is COC(=O)[C@H](C)NP(=O)(OC[C@H]1O[C@@H](n2ncc(=O)[nH]c2=O)[C@@H](O)C1O)Oc1ccccc1. The fourth-order valence-electron chi connectivity index (χ4n) is 2.96. The summed E-state index contributed by atoms with van der Waals surface area (Å²) in [6, 6.07) is 6.90. The first-order valence-corrected chi connectivity index (χ1v) is 11.2. The average Bonchev–Trinajstić information content (AvgIpc) is 3.06. The molecule has 1 aromatic heterocycles. The molecule has 2 aromatic rings. The molecule has 2 heterocycles. The van der Waals surface area contributed by atoms with Crippen LogP contribution in [0.1, 0.15) is 13.2 Å². The van der Waals surface area contributed by atoms with E-state index in [0.29, 0.717) is 4.68 Å². The van der Waals surface area contributed by atoms with Crippen LogP contribution < -0.4 is 20.9 Å². The summed E-state index contributed by atoms with van der Waals surface area (Å²) in [5.41, 5.74) is -1.72. The summed E-state index contributed by atoms with van der Waals surface area (Å²) in [6.45, 7) is 0.809. The number of H-pyrrole nitrogens is 1. The zero-order valence-electron chi connectivity index (χ0n) is 17.6. The van der Waals surface area contributed by atoms with Gasteiger partial charge in [0.05, 0.1) is 13.7 Å². The molecule has 1 aliphatic heterocycles. The lowest BCUT2D eigenvalue weighted by Gasteiger charge is -2.24. The highest BCUT2D eigenvalue weighted by Crippen LogP contribution is 2.45. The summed E-state index contributed by atoms with van der Waals surface area (Å²) >= 11 is 0. The number of para-hydroxylation sites is 1. The van der Waals surface area contributed by atoms with Crippen molar-refractivity contribution < 1.29 is 38.1 Å². The summed E-state index contributed by atoms with van der Waals surface area (Å²) in [5.74, 6) is -0.563. The van der Waals surface area contributed by atoms with Gasteiger partial charge in [-0.3, -0.25) is 19.1 Å². The number of nitrogens with one attached hydrogen (secondary N) is 2. The number of methoxy groups -OCH3 is 1. The van der Waals surface area contributed by atoms with Crippen LogP contribution >= 0.6 is 7.75 Å². The second-order valence-corrected chi connectivity index (χ2v) is 8.70. The Kier molecular flexibility index (Phi) is 7.79. The number of aromatic nitrogens is 3. The number of aromatic amines is 1. The number of carbonyl (C=O) groups is 1. The largest absolute Gasteiger partial charge is 0.468 e. The molecule has 15 heteroatoms. The number of hydrogen-bond donors (Lipinski definition) is 4. The van der Waals surface area contributed by atoms with Gasteiger partial charge in [0.25, 0.3) is 5.56 Å². The van der Waals surface area contributed by atoms with Crippen molar-refractivity contribution >= 4 is 13.7 Å². The predicted molar refractivity (Wildman–Crippen MR) is 110 cm³/mol. The molecule has 0 bridgehead atoms. The summed E-state index contributed by atoms with van der Waals surface area (Å²) in [7, 11) is -3.07. The van der Waals surface area contributed by atoms with Gasteiger partial charge in [-0.05, 0) is 19.1 Å². The van der Waals surface area contributed by atoms with Crippen molar-refractivity contribution in [1.82, 2.24) is 19.9 Å². The molecule has 14 nitrogen and oxygen atoms in total. The van der Waals surface area contributed by atoms with Crippen molar-refractivity contribution in [2.45, 2.75) is 37.5 Å². The first-order valence-electron chi connectivity index (χ1n) is 9.68. The summed E-state index contributed by atoms with van der Waals surface area (Å²) < 4.78 is 34.9. The third-order valence-electron chi connectivity index (χ3n) is 4.60. The van der Waals surface area contributed by atoms with Crippen LogP contribution in [0.3, 0.4) is 0 Å². The number of aliphatic hydroxyl groups excluding tert-OH is 2. The summed E-state index contributed by atoms with van der Waals surface area (Å²) in [4.78, 5) is 36.9. The highest BCUT2D eigenvalue weighted by molar-refractivity contribution is 7.52. The molecule has 0 spiro atoms. The summed E-state index contributed by atoms with van der Waals surface area (Å²) in [5, 5.41) is 26.6. The Morgan fingerprint density at radius 1 is 1.30 bits per heavy atom. The number of rotatable bonds is 9. The van der Waals surface area contributed by atoms with E-state index in [1.165, 1.54) is 19.1 Å². The minimum atomic E-state index is -4.23. The maximum Gasteiger partial charge on any atom is 0.459 e. The van der Waals surface area contributed by atoms with Crippen LogP contribution in [0.5, 0.6) is 5.75 Å². The fourth-order valence-corrected chi connectivity index (χ4v) is 4.46. The van der Waals surface area contributed by atoms with Crippen LogP contribution in [0.2, 0.25) is 0 Å². The fraction of sp³-hybridized carbons (Fsp3) is 0.444. The molecule has 0 radical (unpaired) electrons. The van der Waals surface area contributed by atoms with Gasteiger partial charge in [0.1, 0.15) is 36.3 Å². The Morgan fingerprint density at radius 3 is 2.64 bits per heavy atom. The van der Waals surface area contributed by atoms with Crippen molar-refractivity contribution in [3.63, 3.8) is 0 Å². The molecule has 33 heavy (non-hydrogen) atoms. The average molecular weight is 486 g/mol. The highest BCUT2D eigenvalue weighted by atomic mass is 31.2. The number of benzene rings is 1. The lowest BCUT2D eigenvalue weighted by atomic mass is 10.1. The van der Waals surface area contributed by atoms with E-state index >= 15 is 0 Å². The first-order chi connectivity index (χ1) is 15.6. The van der Waals surface area contributed by atoms with E-state index in [1.54, 1.807) is 18.2 Å². The second-order valence-electron chi connectivity index (χ2n) is 7.00. The van der Waals surface area contributed by atoms with Gasteiger partial charge in [0, 0.05) is 0 Å². The van der Waals surface area contributed by atoms with Gasteiger partial charge in [-0.15, -0.1) is 0 Å². The number of esters is 1. The van der Waals surface area contributed by atoms with Crippen LogP contribution in [-0.2, 0) is 23.4 Å². The minimum Gasteiger partial charge on any atom is -0.468 e. The predicted octanol–water partition coefficient (Wildman–Crippen LogP) is -1.09. The van der Waals surface area contributed by atoms with Crippen LogP contribution in [0.15, 0.2) is 46.1 Å². The van der Waals surface area contributed by atoms with Crippen LogP contribution in [-0.4, -0.2) is 69.0 Å². The second kappa shape index (κ2) is 10.4. The minimum absolute atomic E-state index is 0.167. The number of ether oxygens (including phenoxy) is 2. The Balaban J connectivity index is 1.76. The Morgan fingerprint density at radius 2 is 2.00 bits per heavy atom. The van der Waals surface area contributed by atoms with Gasteiger partial charge in [0.2, 0.25) is 0 Å². The third-order valence-corrected chi connectivity index (χ3v) is 6.24. The standard InChI is InChI=1S/C18H23N4O10P/c1-10(17(26)29-2)21-33(28,32-11-6-4-3-5-7-11)30-9-12-14(24)15(25)16(31-12)22-18(27)20-13(23)8-19-22/h3-8,10,12,14-16,24-25H,9H2,1-2H3,(H,21,28)(H,20,23,27)/t10-,12+,14?,15-,16+,33?/m0/s1. The van der Waals surface area contributed by atoms with E-state index in [0.717, 1.165) is 13.3 Å². The molecule has 1 fully saturated rings. The molecular formula is C18H23N4O10P. The number of hydrogen-bond acceptors (Lipinski definition) is 11. The zero-order chi connectivity index (χ0) is 24.2. The molecule has 4 N–H and O–H groups in total. The van der Waals surface area contributed by atoms with Crippen LogP contribution in [0, 0.1) is 0 Å². The maximum atomic E-state index is 13.3. The van der Waals surface area contributed by atoms with E-state index < -0.39 is 62.2 Å². The topological polar surface area (TPSA) is 191 Å². The van der Waals surface area contributed by atoms with Crippen LogP contribution in [0.4, 0.5) is 0 Å². The normalized spacial score (nSPS) is 25.2. The van der Waals surface area contributed by atoms with Crippen molar-refractivity contribution in [3.8, 4) is 5.75 Å². The molecule has 180 valence electrons. The highest BCUT2D eigenvalue weighted by Gasteiger charge is 2.46. The van der Waals surface area contributed by atoms with Gasteiger partial charge in [-0.1, -0.05) is 18.2 Å². The van der Waals surface area contributed by atoms with Crippen molar-refractivity contribution in [2.24, 2.45) is 0 Å². The van der Waals surface area contributed by atoms with Gasteiger partial charge in [0.15, 0.2) is 6.23 Å². The number of carbonyl (C=O) groups excluding carboxylic acids is 1. The van der Waals surface area contributed by atoms with Gasteiger partial charge >= 0.3 is 19.4 Å². The van der Waals surface area contributed by atoms with Crippen molar-refractivity contribution in [2.75, 3.05) is 13.7 Å². The molecule has 3 rings (SSSR count). The van der Waals surface area contributed by atoms with Gasteiger partial charge in [-0.2, -0.15) is 14.9 Å². The molecule has 0 amide bonds. The lowest BCUT2D eigenvalue weighted by Crippen LogP contribution is -2.39. The molecule has 1 saturated heterocycles. The lowest BCUT2D eigenvalue weighted by molar-refractivity contribution is -0.142. The molecule has 2 unspecified atom stereocenters. The third kappa shape index (κ3) is 5.93.